The van der Waals surface area contributed by atoms with E-state index in [-0.39, 0.29) is 0 Å². The summed E-state index contributed by atoms with van der Waals surface area (Å²) in [6.45, 7) is 17.7. The van der Waals surface area contributed by atoms with Gasteiger partial charge in [-0.25, -0.2) is 4.98 Å². The van der Waals surface area contributed by atoms with Crippen LogP contribution in [-0.4, -0.2) is 17.0 Å². The van der Waals surface area contributed by atoms with Crippen LogP contribution < -0.4 is 9.03 Å². The Labute approximate surface area is 234 Å². The molecule has 4 nitrogen and oxygen atoms in total. The molecule has 1 heterocycles. The molecule has 0 fully saturated rings. The van der Waals surface area contributed by atoms with Gasteiger partial charge in [-0.2, -0.15) is 0 Å². The lowest BCUT2D eigenvalue weighted by Gasteiger charge is -2.33. The van der Waals surface area contributed by atoms with Crippen molar-refractivity contribution in [3.05, 3.63) is 95.0 Å². The number of imidazole rings is 1. The number of para-hydroxylation sites is 2. The van der Waals surface area contributed by atoms with Gasteiger partial charge in [-0.15, -0.1) is 0 Å². The minimum absolute atomic E-state index is 0.388. The maximum absolute atomic E-state index is 4.71. The molecule has 4 rings (SSSR count). The van der Waals surface area contributed by atoms with Crippen molar-refractivity contribution in [3.8, 4) is 0 Å². The van der Waals surface area contributed by atoms with Gasteiger partial charge in [-0.05, 0) is 81.2 Å². The van der Waals surface area contributed by atoms with Crippen LogP contribution in [0.5, 0.6) is 0 Å². The van der Waals surface area contributed by atoms with E-state index >= 15 is 0 Å². The molecule has 0 aliphatic heterocycles. The van der Waals surface area contributed by atoms with Gasteiger partial charge in [0.2, 0.25) is 0 Å². The van der Waals surface area contributed by atoms with Crippen LogP contribution in [0.15, 0.2) is 72.5 Å². The molecular formula is C33H44N4S. The Morgan fingerprint density at radius 1 is 1.16 bits per heavy atom. The average Bonchev–Trinajstić information content (AvgIpc) is 3.29. The number of aromatic amines is 1. The van der Waals surface area contributed by atoms with E-state index in [1.807, 2.05) is 18.2 Å². The lowest BCUT2D eigenvalue weighted by atomic mass is 9.73. The fraction of sp³-hybridized carbons (Fsp3) is 0.424. The number of aryl methyl sites for hydroxylation is 1. The first-order chi connectivity index (χ1) is 18.3. The first kappa shape index (κ1) is 28.1. The lowest BCUT2D eigenvalue weighted by molar-refractivity contribution is 0.482. The Bertz CT molecular complexity index is 1280. The molecule has 5 heteroatoms. The molecule has 0 spiro atoms. The fourth-order valence-corrected chi connectivity index (χ4v) is 6.46. The standard InChI is InChI=1S/C33H44N4S/c1-8-9-10-13-26-17-19-28(29-20-23(4)16-18-27(29)22(2)3)25(6)33(26)37(7)38-36-24(5)21-32-34-30-14-11-12-15-31(30)35-32/h11-12,14-15,17,19-20,27,29,36H,2,5,8-10,13,16,18,21H2,1,3-4,6-7H3,(H,34,35). The molecule has 202 valence electrons. The number of nitrogens with one attached hydrogen (secondary N) is 2. The molecule has 0 bridgehead atoms. The molecule has 0 amide bonds. The van der Waals surface area contributed by atoms with Crippen molar-refractivity contribution < 1.29 is 0 Å². The SMILES string of the molecule is C=C(Cc1nc2ccccc2[nH]1)NSN(C)c1c(CCCCC)ccc(C2C=C(C)CCC2C(=C)C)c1C. The molecule has 2 aromatic carbocycles. The third kappa shape index (κ3) is 6.55. The van der Waals surface area contributed by atoms with E-state index in [4.69, 9.17) is 4.98 Å². The van der Waals surface area contributed by atoms with Gasteiger partial charge in [0.1, 0.15) is 5.82 Å². The number of nitrogens with zero attached hydrogens (tertiary/aromatic N) is 2. The number of fused-ring (bicyclic) bond motifs is 1. The zero-order valence-corrected chi connectivity index (χ0v) is 24.7. The highest BCUT2D eigenvalue weighted by Crippen LogP contribution is 2.43. The summed E-state index contributed by atoms with van der Waals surface area (Å²) in [7, 11) is 2.17. The summed E-state index contributed by atoms with van der Waals surface area (Å²) in [6, 6.07) is 12.9. The molecule has 2 N–H and O–H groups in total. The van der Waals surface area contributed by atoms with E-state index in [1.165, 1.54) is 65.6 Å². The van der Waals surface area contributed by atoms with Gasteiger partial charge in [0.25, 0.3) is 0 Å². The highest BCUT2D eigenvalue weighted by Gasteiger charge is 2.28. The van der Waals surface area contributed by atoms with Crippen molar-refractivity contribution in [2.24, 2.45) is 5.92 Å². The minimum Gasteiger partial charge on any atom is -0.342 e. The minimum atomic E-state index is 0.388. The van der Waals surface area contributed by atoms with Gasteiger partial charge in [-0.3, -0.25) is 0 Å². The molecular weight excluding hydrogens is 484 g/mol. The van der Waals surface area contributed by atoms with E-state index in [1.54, 1.807) is 12.1 Å². The zero-order chi connectivity index (χ0) is 27.2. The van der Waals surface area contributed by atoms with Crippen LogP contribution in [-0.2, 0) is 12.8 Å². The molecule has 2 atom stereocenters. The summed E-state index contributed by atoms with van der Waals surface area (Å²) in [5, 5.41) is 0. The van der Waals surface area contributed by atoms with Gasteiger partial charge in [0, 0.05) is 25.1 Å². The van der Waals surface area contributed by atoms with Crippen LogP contribution in [0, 0.1) is 12.8 Å². The largest absolute Gasteiger partial charge is 0.342 e. The van der Waals surface area contributed by atoms with Crippen LogP contribution in [0.4, 0.5) is 5.69 Å². The number of aromatic nitrogens is 2. The smallest absolute Gasteiger partial charge is 0.113 e. The maximum Gasteiger partial charge on any atom is 0.113 e. The highest BCUT2D eigenvalue weighted by atomic mass is 32.2. The van der Waals surface area contributed by atoms with Gasteiger partial charge in [-0.1, -0.05) is 74.4 Å². The number of rotatable bonds is 12. The predicted octanol–water partition coefficient (Wildman–Crippen LogP) is 8.97. The van der Waals surface area contributed by atoms with Crippen LogP contribution >= 0.6 is 12.1 Å². The first-order valence-corrected chi connectivity index (χ1v) is 14.8. The quantitative estimate of drug-likeness (QED) is 0.140. The van der Waals surface area contributed by atoms with Crippen molar-refractivity contribution in [2.75, 3.05) is 11.4 Å². The summed E-state index contributed by atoms with van der Waals surface area (Å²) in [4.78, 5) is 8.11. The van der Waals surface area contributed by atoms with Crippen LogP contribution in [0.3, 0.4) is 0 Å². The molecule has 0 saturated heterocycles. The topological polar surface area (TPSA) is 44.0 Å². The Morgan fingerprint density at radius 3 is 2.68 bits per heavy atom. The third-order valence-corrected chi connectivity index (χ3v) is 8.64. The number of hydrogen-bond acceptors (Lipinski definition) is 4. The number of hydrogen-bond donors (Lipinski definition) is 2. The zero-order valence-electron chi connectivity index (χ0n) is 23.9. The summed E-state index contributed by atoms with van der Waals surface area (Å²) < 4.78 is 5.78. The summed E-state index contributed by atoms with van der Waals surface area (Å²) in [6.07, 6.45) is 10.3. The molecule has 1 aliphatic rings. The molecule has 1 aromatic heterocycles. The fourth-order valence-electron chi connectivity index (χ4n) is 5.77. The van der Waals surface area contributed by atoms with Crippen molar-refractivity contribution in [3.63, 3.8) is 0 Å². The Kier molecular flexibility index (Phi) is 9.43. The number of unbranched alkanes of at least 4 members (excludes halogenated alkanes) is 2. The Balaban J connectivity index is 1.55. The first-order valence-electron chi connectivity index (χ1n) is 14.0. The van der Waals surface area contributed by atoms with Crippen molar-refractivity contribution in [1.29, 1.82) is 0 Å². The number of H-pyrrole nitrogens is 1. The van der Waals surface area contributed by atoms with Gasteiger partial charge >= 0.3 is 0 Å². The molecule has 3 aromatic rings. The second kappa shape index (κ2) is 12.8. The van der Waals surface area contributed by atoms with E-state index < -0.39 is 0 Å². The highest BCUT2D eigenvalue weighted by molar-refractivity contribution is 7.98. The number of allylic oxidation sites excluding steroid dienone is 4. The van der Waals surface area contributed by atoms with E-state index in [9.17, 15) is 0 Å². The van der Waals surface area contributed by atoms with Crippen molar-refractivity contribution in [2.45, 2.75) is 78.6 Å². The molecule has 2 unspecified atom stereocenters. The van der Waals surface area contributed by atoms with Gasteiger partial charge < -0.3 is 14.0 Å². The van der Waals surface area contributed by atoms with E-state index in [0.717, 1.165) is 29.0 Å². The van der Waals surface area contributed by atoms with Crippen LogP contribution in [0.25, 0.3) is 11.0 Å². The Morgan fingerprint density at radius 2 is 1.95 bits per heavy atom. The van der Waals surface area contributed by atoms with Crippen LogP contribution in [0.2, 0.25) is 0 Å². The van der Waals surface area contributed by atoms with E-state index in [0.29, 0.717) is 18.3 Å². The normalized spacial score (nSPS) is 17.3. The van der Waals surface area contributed by atoms with Crippen molar-refractivity contribution in [1.82, 2.24) is 14.7 Å². The van der Waals surface area contributed by atoms with Gasteiger partial charge in [0.05, 0.1) is 28.9 Å². The second-order valence-corrected chi connectivity index (χ2v) is 11.9. The van der Waals surface area contributed by atoms with E-state index in [2.05, 4.69) is 86.2 Å². The molecule has 0 radical (unpaired) electrons. The third-order valence-electron chi connectivity index (χ3n) is 7.81. The summed E-state index contributed by atoms with van der Waals surface area (Å²) in [5.74, 6) is 1.81. The van der Waals surface area contributed by atoms with Crippen molar-refractivity contribution >= 4 is 28.9 Å². The van der Waals surface area contributed by atoms with Gasteiger partial charge in [0.15, 0.2) is 0 Å². The molecule has 38 heavy (non-hydrogen) atoms. The predicted molar refractivity (Wildman–Crippen MR) is 167 cm³/mol. The molecule has 0 saturated carbocycles. The van der Waals surface area contributed by atoms with Crippen LogP contribution in [0.1, 0.15) is 81.3 Å². The summed E-state index contributed by atoms with van der Waals surface area (Å²) in [5.41, 5.74) is 11.3. The Hall–Kier alpha value is -2.92. The monoisotopic (exact) mass is 528 g/mol. The number of anilines is 1. The molecule has 1 aliphatic carbocycles. The number of benzene rings is 2. The summed E-state index contributed by atoms with van der Waals surface area (Å²) >= 11 is 1.60. The lowest BCUT2D eigenvalue weighted by Crippen LogP contribution is -2.21. The second-order valence-electron chi connectivity index (χ2n) is 10.9. The maximum atomic E-state index is 4.71. The average molecular weight is 529 g/mol.